The fourth-order valence-corrected chi connectivity index (χ4v) is 2.11. The molecular weight excluding hydrogens is 266 g/mol. The lowest BCUT2D eigenvalue weighted by atomic mass is 10.0. The highest BCUT2D eigenvalue weighted by Gasteiger charge is 2.09. The molecular formula is C12H14BrN3. The molecule has 0 saturated carbocycles. The molecule has 3 nitrogen and oxygen atoms in total. The molecule has 1 aromatic carbocycles. The zero-order valence-corrected chi connectivity index (χ0v) is 10.7. The largest absolute Gasteiger partial charge is 0.328 e. The molecule has 4 heteroatoms. The Morgan fingerprint density at radius 2 is 2.31 bits per heavy atom. The van der Waals surface area contributed by atoms with Crippen LogP contribution in [0.5, 0.6) is 0 Å². The predicted octanol–water partition coefficient (Wildman–Crippen LogP) is 2.73. The molecule has 2 aromatic rings. The Kier molecular flexibility index (Phi) is 3.41. The van der Waals surface area contributed by atoms with E-state index in [1.165, 1.54) is 0 Å². The fourth-order valence-electron chi connectivity index (χ4n) is 1.71. The Morgan fingerprint density at radius 1 is 1.50 bits per heavy atom. The maximum absolute atomic E-state index is 5.81. The molecule has 1 aromatic heterocycles. The minimum Gasteiger partial charge on any atom is -0.328 e. The number of hydrogen-bond donors (Lipinski definition) is 2. The van der Waals surface area contributed by atoms with Crippen molar-refractivity contribution in [2.24, 2.45) is 5.73 Å². The summed E-state index contributed by atoms with van der Waals surface area (Å²) < 4.78 is 1.06. The van der Waals surface area contributed by atoms with Gasteiger partial charge in [0.1, 0.15) is 0 Å². The summed E-state index contributed by atoms with van der Waals surface area (Å²) in [7, 11) is 0. The highest BCUT2D eigenvalue weighted by atomic mass is 79.9. The second kappa shape index (κ2) is 4.80. The molecule has 16 heavy (non-hydrogen) atoms. The second-order valence-electron chi connectivity index (χ2n) is 3.96. The Morgan fingerprint density at radius 3 is 3.00 bits per heavy atom. The first kappa shape index (κ1) is 11.4. The molecule has 84 valence electrons. The van der Waals surface area contributed by atoms with E-state index < -0.39 is 0 Å². The van der Waals surface area contributed by atoms with E-state index in [2.05, 4.69) is 38.3 Å². The molecule has 1 heterocycles. The predicted molar refractivity (Wildman–Crippen MR) is 69.1 cm³/mol. The van der Waals surface area contributed by atoms with Gasteiger partial charge >= 0.3 is 0 Å². The standard InChI is InChI=1S/C12H14BrN3/c1-8(14)5-10-7-15-16-12(10)9-3-2-4-11(13)6-9/h2-4,6-8H,5,14H2,1H3,(H,15,16). The molecule has 0 bridgehead atoms. The smallest absolute Gasteiger partial charge is 0.0683 e. The van der Waals surface area contributed by atoms with Gasteiger partial charge < -0.3 is 5.73 Å². The molecule has 3 N–H and O–H groups in total. The minimum absolute atomic E-state index is 0.142. The normalized spacial score (nSPS) is 12.7. The summed E-state index contributed by atoms with van der Waals surface area (Å²) in [6.45, 7) is 2.00. The van der Waals surface area contributed by atoms with Crippen molar-refractivity contribution >= 4 is 15.9 Å². The number of rotatable bonds is 3. The van der Waals surface area contributed by atoms with Gasteiger partial charge in [-0.3, -0.25) is 5.10 Å². The number of nitrogens with zero attached hydrogens (tertiary/aromatic N) is 1. The van der Waals surface area contributed by atoms with Crippen LogP contribution in [0.1, 0.15) is 12.5 Å². The summed E-state index contributed by atoms with van der Waals surface area (Å²) in [5.41, 5.74) is 9.15. The second-order valence-corrected chi connectivity index (χ2v) is 4.88. The average molecular weight is 280 g/mol. The third kappa shape index (κ3) is 2.51. The molecule has 0 spiro atoms. The van der Waals surface area contributed by atoms with Crippen molar-refractivity contribution in [3.05, 3.63) is 40.5 Å². The van der Waals surface area contributed by atoms with Gasteiger partial charge in [-0.05, 0) is 31.0 Å². The lowest BCUT2D eigenvalue weighted by Gasteiger charge is -2.06. The van der Waals surface area contributed by atoms with Crippen LogP contribution in [0, 0.1) is 0 Å². The van der Waals surface area contributed by atoms with E-state index in [-0.39, 0.29) is 6.04 Å². The van der Waals surface area contributed by atoms with Crippen LogP contribution in [0.3, 0.4) is 0 Å². The summed E-state index contributed by atoms with van der Waals surface area (Å²) in [5.74, 6) is 0. The lowest BCUT2D eigenvalue weighted by molar-refractivity contribution is 0.739. The fraction of sp³-hybridized carbons (Fsp3) is 0.250. The van der Waals surface area contributed by atoms with Crippen LogP contribution in [-0.2, 0) is 6.42 Å². The first-order valence-electron chi connectivity index (χ1n) is 5.20. The van der Waals surface area contributed by atoms with Gasteiger partial charge in [0, 0.05) is 16.1 Å². The number of nitrogens with two attached hydrogens (primary N) is 1. The third-order valence-electron chi connectivity index (χ3n) is 2.37. The van der Waals surface area contributed by atoms with Crippen molar-refractivity contribution in [1.29, 1.82) is 0 Å². The Bertz CT molecular complexity index is 477. The number of aromatic nitrogens is 2. The molecule has 0 saturated heterocycles. The molecule has 2 rings (SSSR count). The maximum atomic E-state index is 5.81. The number of aromatic amines is 1. The van der Waals surface area contributed by atoms with E-state index in [0.717, 1.165) is 27.7 Å². The first-order chi connectivity index (χ1) is 7.66. The molecule has 0 aliphatic heterocycles. The first-order valence-corrected chi connectivity index (χ1v) is 6.00. The minimum atomic E-state index is 0.142. The van der Waals surface area contributed by atoms with Gasteiger partial charge in [-0.1, -0.05) is 28.1 Å². The van der Waals surface area contributed by atoms with Crippen LogP contribution in [0.25, 0.3) is 11.3 Å². The van der Waals surface area contributed by atoms with Gasteiger partial charge in [-0.15, -0.1) is 0 Å². The molecule has 0 aliphatic carbocycles. The summed E-state index contributed by atoms with van der Waals surface area (Å²) in [6.07, 6.45) is 2.68. The molecule has 0 fully saturated rings. The summed E-state index contributed by atoms with van der Waals surface area (Å²) in [5, 5.41) is 7.11. The summed E-state index contributed by atoms with van der Waals surface area (Å²) in [6, 6.07) is 8.28. The summed E-state index contributed by atoms with van der Waals surface area (Å²) in [4.78, 5) is 0. The van der Waals surface area contributed by atoms with Crippen LogP contribution in [0.4, 0.5) is 0 Å². The maximum Gasteiger partial charge on any atom is 0.0683 e. The Labute approximate surface area is 103 Å². The Balaban J connectivity index is 2.37. The van der Waals surface area contributed by atoms with Gasteiger partial charge in [0.25, 0.3) is 0 Å². The van der Waals surface area contributed by atoms with Gasteiger partial charge in [0.2, 0.25) is 0 Å². The average Bonchev–Trinajstić information content (AvgIpc) is 2.65. The van der Waals surface area contributed by atoms with Gasteiger partial charge in [-0.2, -0.15) is 5.10 Å². The molecule has 0 aliphatic rings. The van der Waals surface area contributed by atoms with Gasteiger partial charge in [0.15, 0.2) is 0 Å². The van der Waals surface area contributed by atoms with Crippen LogP contribution in [0.15, 0.2) is 34.9 Å². The highest BCUT2D eigenvalue weighted by molar-refractivity contribution is 9.10. The molecule has 1 unspecified atom stereocenters. The molecule has 0 amide bonds. The molecule has 1 atom stereocenters. The van der Waals surface area contributed by atoms with E-state index >= 15 is 0 Å². The topological polar surface area (TPSA) is 54.7 Å². The number of halogens is 1. The van der Waals surface area contributed by atoms with E-state index in [1.54, 1.807) is 0 Å². The van der Waals surface area contributed by atoms with Crippen molar-refractivity contribution in [3.63, 3.8) is 0 Å². The van der Waals surface area contributed by atoms with Crippen molar-refractivity contribution in [2.45, 2.75) is 19.4 Å². The van der Waals surface area contributed by atoms with Crippen LogP contribution in [0.2, 0.25) is 0 Å². The highest BCUT2D eigenvalue weighted by Crippen LogP contribution is 2.24. The monoisotopic (exact) mass is 279 g/mol. The van der Waals surface area contributed by atoms with Gasteiger partial charge in [-0.25, -0.2) is 0 Å². The quantitative estimate of drug-likeness (QED) is 0.908. The number of benzene rings is 1. The SMILES string of the molecule is CC(N)Cc1cn[nH]c1-c1cccc(Br)c1. The van der Waals surface area contributed by atoms with Crippen LogP contribution in [-0.4, -0.2) is 16.2 Å². The zero-order chi connectivity index (χ0) is 11.5. The third-order valence-corrected chi connectivity index (χ3v) is 2.87. The van der Waals surface area contributed by atoms with Crippen molar-refractivity contribution < 1.29 is 0 Å². The lowest BCUT2D eigenvalue weighted by Crippen LogP contribution is -2.17. The number of nitrogens with one attached hydrogen (secondary N) is 1. The number of H-pyrrole nitrogens is 1. The molecule has 0 radical (unpaired) electrons. The number of hydrogen-bond acceptors (Lipinski definition) is 2. The van der Waals surface area contributed by atoms with E-state index in [0.29, 0.717) is 0 Å². The van der Waals surface area contributed by atoms with E-state index in [9.17, 15) is 0 Å². The van der Waals surface area contributed by atoms with E-state index in [1.807, 2.05) is 25.3 Å². The van der Waals surface area contributed by atoms with Crippen LogP contribution < -0.4 is 5.73 Å². The van der Waals surface area contributed by atoms with E-state index in [4.69, 9.17) is 5.73 Å². The van der Waals surface area contributed by atoms with Crippen LogP contribution >= 0.6 is 15.9 Å². The van der Waals surface area contributed by atoms with Gasteiger partial charge in [0.05, 0.1) is 11.9 Å². The van der Waals surface area contributed by atoms with Crippen molar-refractivity contribution in [2.75, 3.05) is 0 Å². The van der Waals surface area contributed by atoms with Crippen molar-refractivity contribution in [1.82, 2.24) is 10.2 Å². The Hall–Kier alpha value is -1.13. The zero-order valence-electron chi connectivity index (χ0n) is 9.07. The van der Waals surface area contributed by atoms with Crippen molar-refractivity contribution in [3.8, 4) is 11.3 Å². The summed E-state index contributed by atoms with van der Waals surface area (Å²) >= 11 is 3.46.